The summed E-state index contributed by atoms with van der Waals surface area (Å²) in [6.07, 6.45) is 7.34. The van der Waals surface area contributed by atoms with Gasteiger partial charge in [0.25, 0.3) is 10.0 Å². The van der Waals surface area contributed by atoms with Gasteiger partial charge in [-0.1, -0.05) is 13.0 Å². The van der Waals surface area contributed by atoms with E-state index in [2.05, 4.69) is 14.7 Å². The van der Waals surface area contributed by atoms with E-state index in [0.29, 0.717) is 23.5 Å². The Kier molecular flexibility index (Phi) is 5.46. The van der Waals surface area contributed by atoms with Crippen LogP contribution in [0.3, 0.4) is 0 Å². The molecule has 1 amide bonds. The van der Waals surface area contributed by atoms with E-state index in [0.717, 1.165) is 16.8 Å². The second-order valence-corrected chi connectivity index (χ2v) is 11.1. The van der Waals surface area contributed by atoms with E-state index in [1.807, 2.05) is 24.0 Å². The van der Waals surface area contributed by atoms with Crippen LogP contribution in [0.15, 0.2) is 50.8 Å². The van der Waals surface area contributed by atoms with E-state index in [9.17, 15) is 13.2 Å². The van der Waals surface area contributed by atoms with Crippen molar-refractivity contribution in [2.24, 2.45) is 16.6 Å². The summed E-state index contributed by atoms with van der Waals surface area (Å²) in [6.45, 7) is 7.76. The Hall–Kier alpha value is -2.98. The summed E-state index contributed by atoms with van der Waals surface area (Å²) in [5.74, 6) is -0.729. The highest BCUT2D eigenvalue weighted by molar-refractivity contribution is 7.94. The Balaban J connectivity index is 1.67. The first-order valence-corrected chi connectivity index (χ1v) is 12.5. The van der Waals surface area contributed by atoms with Crippen molar-refractivity contribution in [3.8, 4) is 0 Å². The number of aromatic nitrogens is 1. The van der Waals surface area contributed by atoms with E-state index in [1.54, 1.807) is 50.8 Å². The number of allylic oxidation sites excluding steroid dienone is 2. The molecule has 4 rings (SSSR count). The van der Waals surface area contributed by atoms with Gasteiger partial charge in [-0.05, 0) is 55.5 Å². The molecule has 0 spiro atoms. The van der Waals surface area contributed by atoms with Crippen LogP contribution in [0, 0.1) is 19.8 Å². The number of pyridine rings is 1. The summed E-state index contributed by atoms with van der Waals surface area (Å²) in [6, 6.07) is 3.57. The number of fused-ring (bicyclic) bond motifs is 1. The van der Waals surface area contributed by atoms with Gasteiger partial charge in [-0.2, -0.15) is 0 Å². The first-order valence-electron chi connectivity index (χ1n) is 10.1. The van der Waals surface area contributed by atoms with Gasteiger partial charge in [0, 0.05) is 18.3 Å². The molecule has 0 radical (unpaired) electrons. The highest BCUT2D eigenvalue weighted by Gasteiger charge is 2.45. The van der Waals surface area contributed by atoms with Crippen LogP contribution in [-0.2, 0) is 14.8 Å². The molecule has 8 nitrogen and oxygen atoms in total. The lowest BCUT2D eigenvalue weighted by Crippen LogP contribution is -2.46. The van der Waals surface area contributed by atoms with Crippen LogP contribution in [0.1, 0.15) is 30.7 Å². The fourth-order valence-corrected chi connectivity index (χ4v) is 6.47. The van der Waals surface area contributed by atoms with Gasteiger partial charge < -0.3 is 10.6 Å². The van der Waals surface area contributed by atoms with Crippen molar-refractivity contribution in [2.45, 2.75) is 37.4 Å². The molecule has 0 saturated heterocycles. The molecule has 0 bridgehead atoms. The molecule has 2 aromatic heterocycles. The van der Waals surface area contributed by atoms with Crippen LogP contribution in [-0.4, -0.2) is 42.6 Å². The highest BCUT2D eigenvalue weighted by atomic mass is 32.2. The second kappa shape index (κ2) is 7.86. The number of aliphatic imine (C=N–C) groups is 1. The van der Waals surface area contributed by atoms with Gasteiger partial charge in [0.2, 0.25) is 5.91 Å². The van der Waals surface area contributed by atoms with E-state index in [-0.39, 0.29) is 16.0 Å². The van der Waals surface area contributed by atoms with Crippen molar-refractivity contribution in [1.82, 2.24) is 9.88 Å². The average molecular weight is 472 g/mol. The fourth-order valence-electron chi connectivity index (χ4n) is 3.94. The van der Waals surface area contributed by atoms with E-state index >= 15 is 0 Å². The summed E-state index contributed by atoms with van der Waals surface area (Å²) in [5, 5.41) is 1.75. The fraction of sp³-hybridized carbons (Fsp3) is 0.318. The molecule has 2 aromatic rings. The van der Waals surface area contributed by atoms with Crippen molar-refractivity contribution in [3.63, 3.8) is 0 Å². The normalized spacial score (nSPS) is 20.7. The van der Waals surface area contributed by atoms with E-state index < -0.39 is 15.6 Å². The van der Waals surface area contributed by atoms with Crippen LogP contribution in [0.25, 0.3) is 5.57 Å². The Morgan fingerprint density at radius 1 is 1.34 bits per heavy atom. The molecule has 168 valence electrons. The van der Waals surface area contributed by atoms with Crippen molar-refractivity contribution in [3.05, 3.63) is 58.4 Å². The summed E-state index contributed by atoms with van der Waals surface area (Å²) in [5.41, 5.74) is 9.11. The highest BCUT2D eigenvalue weighted by Crippen LogP contribution is 2.46. The molecule has 3 heterocycles. The molecule has 0 fully saturated rings. The maximum atomic E-state index is 12.9. The number of nitrogens with one attached hydrogen (secondary N) is 1. The molecule has 0 saturated carbocycles. The maximum Gasteiger partial charge on any atom is 0.271 e. The van der Waals surface area contributed by atoms with Gasteiger partial charge in [0.15, 0.2) is 0 Å². The van der Waals surface area contributed by atoms with Crippen LogP contribution in [0.2, 0.25) is 0 Å². The number of aryl methyl sites for hydroxylation is 2. The lowest BCUT2D eigenvalue weighted by molar-refractivity contribution is -0.121. The number of nitrogens with zero attached hydrogens (tertiary/aromatic N) is 3. The third-order valence-corrected chi connectivity index (χ3v) is 9.05. The Labute approximate surface area is 191 Å². The van der Waals surface area contributed by atoms with E-state index in [1.165, 1.54) is 11.3 Å². The topological polar surface area (TPSA) is 118 Å². The number of nitrogens with two attached hydrogens (primary N) is 1. The standard InChI is InChI=1S/C22H25N5O3S2/c1-13-7-8-31-21(13)32(29,30)26-18-9-16(10-24-15(18)3)17-5-6-19-22(17,4)27(12-25-19)11-14(2)20(23)28/h5-10,12,14,26H,11H2,1-4H3,(H2,23,28). The molecule has 3 N–H and O–H groups in total. The molecule has 32 heavy (non-hydrogen) atoms. The Morgan fingerprint density at radius 2 is 2.09 bits per heavy atom. The first kappa shape index (κ1) is 22.2. The lowest BCUT2D eigenvalue weighted by atomic mass is 9.86. The number of sulfonamides is 1. The summed E-state index contributed by atoms with van der Waals surface area (Å²) in [7, 11) is -3.72. The zero-order chi connectivity index (χ0) is 23.3. The maximum absolute atomic E-state index is 12.9. The number of rotatable bonds is 7. The Bertz CT molecular complexity index is 1290. The molecule has 2 unspecified atom stereocenters. The molecule has 10 heteroatoms. The number of amides is 1. The summed E-state index contributed by atoms with van der Waals surface area (Å²) < 4.78 is 28.8. The molecule has 1 aliphatic heterocycles. The zero-order valence-corrected chi connectivity index (χ0v) is 19.9. The molecule has 2 aliphatic rings. The van der Waals surface area contributed by atoms with Gasteiger partial charge in [-0.3, -0.25) is 14.5 Å². The smallest absolute Gasteiger partial charge is 0.271 e. The number of primary amides is 1. The van der Waals surface area contributed by atoms with E-state index in [4.69, 9.17) is 5.73 Å². The lowest BCUT2D eigenvalue weighted by Gasteiger charge is -2.37. The van der Waals surface area contributed by atoms with Gasteiger partial charge >= 0.3 is 0 Å². The minimum atomic E-state index is -3.72. The van der Waals surface area contributed by atoms with Crippen LogP contribution in [0.5, 0.6) is 0 Å². The zero-order valence-electron chi connectivity index (χ0n) is 18.3. The predicted octanol–water partition coefficient (Wildman–Crippen LogP) is 3.07. The quantitative estimate of drug-likeness (QED) is 0.643. The second-order valence-electron chi connectivity index (χ2n) is 8.26. The van der Waals surface area contributed by atoms with Crippen LogP contribution < -0.4 is 10.5 Å². The van der Waals surface area contributed by atoms with Crippen molar-refractivity contribution in [2.75, 3.05) is 11.3 Å². The molecule has 0 aromatic carbocycles. The molecular weight excluding hydrogens is 446 g/mol. The van der Waals surface area contributed by atoms with Crippen molar-refractivity contribution < 1.29 is 13.2 Å². The number of hydrogen-bond acceptors (Lipinski definition) is 7. The Morgan fingerprint density at radius 3 is 2.75 bits per heavy atom. The average Bonchev–Trinajstić information content (AvgIpc) is 3.38. The minimum absolute atomic E-state index is 0.286. The van der Waals surface area contributed by atoms with Crippen molar-refractivity contribution >= 4 is 44.9 Å². The number of carbonyl (C=O) groups excluding carboxylic acids is 1. The number of anilines is 1. The predicted molar refractivity (Wildman–Crippen MR) is 127 cm³/mol. The first-order chi connectivity index (χ1) is 15.0. The third kappa shape index (κ3) is 3.63. The van der Waals surface area contributed by atoms with Crippen LogP contribution in [0.4, 0.5) is 5.69 Å². The van der Waals surface area contributed by atoms with Gasteiger partial charge in [0.05, 0.1) is 29.3 Å². The molecular formula is C22H25N5O3S2. The monoisotopic (exact) mass is 471 g/mol. The molecule has 2 atom stereocenters. The number of thiophene rings is 1. The van der Waals surface area contributed by atoms with Crippen molar-refractivity contribution in [1.29, 1.82) is 0 Å². The summed E-state index contributed by atoms with van der Waals surface area (Å²) in [4.78, 5) is 22.6. The van der Waals surface area contributed by atoms with Crippen LogP contribution >= 0.6 is 11.3 Å². The minimum Gasteiger partial charge on any atom is -0.369 e. The SMILES string of the molecule is Cc1ccsc1S(=O)(=O)Nc1cc(C2=CC=C3N=CN(CC(C)C(N)=O)C32C)cnc1C. The largest absolute Gasteiger partial charge is 0.369 e. The number of hydrogen-bond donors (Lipinski definition) is 2. The number of carbonyl (C=O) groups is 1. The summed E-state index contributed by atoms with van der Waals surface area (Å²) >= 11 is 1.18. The van der Waals surface area contributed by atoms with Gasteiger partial charge in [-0.25, -0.2) is 13.4 Å². The third-order valence-electron chi connectivity index (χ3n) is 6.00. The van der Waals surface area contributed by atoms with Gasteiger partial charge in [-0.15, -0.1) is 11.3 Å². The van der Waals surface area contributed by atoms with Gasteiger partial charge in [0.1, 0.15) is 9.75 Å². The molecule has 1 aliphatic carbocycles.